The largest absolute Gasteiger partial charge is 0.271 e. The molecule has 2 aromatic rings. The monoisotopic (exact) mass is 323 g/mol. The maximum atomic E-state index is 4.81. The number of pyridine rings is 1. The van der Waals surface area contributed by atoms with Gasteiger partial charge in [-0.2, -0.15) is 0 Å². The summed E-state index contributed by atoms with van der Waals surface area (Å²) < 4.78 is 0. The number of hydrogen-bond acceptors (Lipinski definition) is 5. The summed E-state index contributed by atoms with van der Waals surface area (Å²) in [6.45, 7) is 0.734. The molecule has 2 aliphatic rings. The van der Waals surface area contributed by atoms with Gasteiger partial charge < -0.3 is 0 Å². The Morgan fingerprint density at radius 2 is 1.91 bits per heavy atom. The topological polar surface area (TPSA) is 37.6 Å². The van der Waals surface area contributed by atoms with E-state index in [1.54, 1.807) is 23.5 Å². The lowest BCUT2D eigenvalue weighted by Crippen LogP contribution is -2.15. The maximum absolute atomic E-state index is 4.81. The van der Waals surface area contributed by atoms with E-state index in [0.717, 1.165) is 28.0 Å². The minimum Gasteiger partial charge on any atom is -0.271 e. The van der Waals surface area contributed by atoms with E-state index in [0.29, 0.717) is 0 Å². The smallest absolute Gasteiger partial charge is 0.130 e. The summed E-state index contributed by atoms with van der Waals surface area (Å²) >= 11 is 3.37. The number of aliphatic imine (C=N–C) groups is 2. The normalized spacial score (nSPS) is 20.1. The predicted octanol–water partition coefficient (Wildman–Crippen LogP) is 4.61. The highest BCUT2D eigenvalue weighted by atomic mass is 32.2. The summed E-state index contributed by atoms with van der Waals surface area (Å²) in [5.74, 6) is 0. The van der Waals surface area contributed by atoms with Crippen LogP contribution in [-0.4, -0.2) is 21.6 Å². The number of hydrogen-bond donors (Lipinski definition) is 0. The van der Waals surface area contributed by atoms with Crippen LogP contribution in [0.5, 0.6) is 0 Å². The molecule has 1 aromatic heterocycles. The molecule has 0 saturated carbocycles. The van der Waals surface area contributed by atoms with E-state index >= 15 is 0 Å². The molecule has 0 saturated heterocycles. The molecule has 0 bridgehead atoms. The van der Waals surface area contributed by atoms with Crippen molar-refractivity contribution in [1.29, 1.82) is 0 Å². The Morgan fingerprint density at radius 3 is 2.73 bits per heavy atom. The second-order valence-electron chi connectivity index (χ2n) is 4.86. The van der Waals surface area contributed by atoms with Crippen molar-refractivity contribution in [2.45, 2.75) is 5.25 Å². The predicted molar refractivity (Wildman–Crippen MR) is 96.2 cm³/mol. The van der Waals surface area contributed by atoms with Gasteiger partial charge >= 0.3 is 0 Å². The second-order valence-corrected chi connectivity index (χ2v) is 6.85. The van der Waals surface area contributed by atoms with Crippen molar-refractivity contribution in [2.24, 2.45) is 9.98 Å². The summed E-state index contributed by atoms with van der Waals surface area (Å²) in [7, 11) is 0. The Kier molecular flexibility index (Phi) is 3.83. The van der Waals surface area contributed by atoms with Crippen LogP contribution in [0.1, 0.15) is 16.5 Å². The van der Waals surface area contributed by atoms with E-state index in [2.05, 4.69) is 45.7 Å². The fourth-order valence-electron chi connectivity index (χ4n) is 2.42. The van der Waals surface area contributed by atoms with Gasteiger partial charge in [0, 0.05) is 6.20 Å². The van der Waals surface area contributed by atoms with Crippen molar-refractivity contribution >= 4 is 39.3 Å². The SMILES string of the molecule is C1=CSC(C2=Nc3ccccc3C(c3ccccn3)S2)=NC1. The van der Waals surface area contributed by atoms with Crippen LogP contribution < -0.4 is 0 Å². The average molecular weight is 323 g/mol. The fraction of sp³-hybridized carbons (Fsp3) is 0.118. The Hall–Kier alpha value is -1.85. The van der Waals surface area contributed by atoms with E-state index in [1.165, 1.54) is 5.56 Å². The van der Waals surface area contributed by atoms with E-state index in [-0.39, 0.29) is 5.25 Å². The molecule has 3 nitrogen and oxygen atoms in total. The second kappa shape index (κ2) is 6.10. The van der Waals surface area contributed by atoms with E-state index in [9.17, 15) is 0 Å². The van der Waals surface area contributed by atoms with Crippen molar-refractivity contribution in [3.63, 3.8) is 0 Å². The van der Waals surface area contributed by atoms with Gasteiger partial charge in [0.15, 0.2) is 0 Å². The lowest BCUT2D eigenvalue weighted by atomic mass is 10.1. The van der Waals surface area contributed by atoms with Gasteiger partial charge in [0.1, 0.15) is 10.1 Å². The molecule has 108 valence electrons. The van der Waals surface area contributed by atoms with Crippen LogP contribution in [-0.2, 0) is 0 Å². The van der Waals surface area contributed by atoms with Crippen LogP contribution in [0, 0.1) is 0 Å². The molecule has 0 amide bonds. The van der Waals surface area contributed by atoms with Crippen molar-refractivity contribution in [1.82, 2.24) is 4.98 Å². The number of benzene rings is 1. The van der Waals surface area contributed by atoms with Gasteiger partial charge in [-0.15, -0.1) is 0 Å². The molecule has 5 heteroatoms. The molecule has 0 spiro atoms. The number of para-hydroxylation sites is 1. The number of nitrogens with zero attached hydrogens (tertiary/aromatic N) is 3. The Bertz CT molecular complexity index is 782. The molecule has 2 aliphatic heterocycles. The average Bonchev–Trinajstić information content (AvgIpc) is 2.62. The molecule has 22 heavy (non-hydrogen) atoms. The maximum Gasteiger partial charge on any atom is 0.130 e. The highest BCUT2D eigenvalue weighted by molar-refractivity contribution is 8.26. The van der Waals surface area contributed by atoms with E-state index in [1.807, 2.05) is 24.4 Å². The van der Waals surface area contributed by atoms with Gasteiger partial charge in [0.2, 0.25) is 0 Å². The zero-order valence-corrected chi connectivity index (χ0v) is 13.3. The van der Waals surface area contributed by atoms with Crippen molar-refractivity contribution < 1.29 is 0 Å². The molecule has 1 atom stereocenters. The molecule has 0 N–H and O–H groups in total. The molecule has 0 radical (unpaired) electrons. The first kappa shape index (κ1) is 13.8. The molecule has 1 aromatic carbocycles. The molecule has 0 aliphatic carbocycles. The zero-order valence-electron chi connectivity index (χ0n) is 11.7. The van der Waals surface area contributed by atoms with Gasteiger partial charge in [-0.25, -0.2) is 4.99 Å². The minimum atomic E-state index is 0.166. The first-order valence-electron chi connectivity index (χ1n) is 7.03. The lowest BCUT2D eigenvalue weighted by Gasteiger charge is -2.24. The Morgan fingerprint density at radius 1 is 1.00 bits per heavy atom. The van der Waals surface area contributed by atoms with Crippen LogP contribution in [0.4, 0.5) is 5.69 Å². The Balaban J connectivity index is 1.78. The quantitative estimate of drug-likeness (QED) is 0.810. The molecule has 4 rings (SSSR count). The number of thioether (sulfide) groups is 2. The standard InChI is InChI=1S/C17H13N3S2/c1-2-7-13-12(6-1)15(14-8-3-4-9-18-14)22-17(20-13)16-19-10-5-11-21-16/h1-9,11,15H,10H2. The molecular formula is C17H13N3S2. The summed E-state index contributed by atoms with van der Waals surface area (Å²) in [4.78, 5) is 13.9. The summed E-state index contributed by atoms with van der Waals surface area (Å²) in [5, 5.41) is 4.24. The van der Waals surface area contributed by atoms with Gasteiger partial charge in [0.05, 0.1) is 23.2 Å². The first-order chi connectivity index (χ1) is 10.9. The van der Waals surface area contributed by atoms with Crippen LogP contribution >= 0.6 is 23.5 Å². The third-order valence-corrected chi connectivity index (χ3v) is 5.67. The third-order valence-electron chi connectivity index (χ3n) is 3.43. The van der Waals surface area contributed by atoms with Crippen molar-refractivity contribution in [3.05, 3.63) is 71.4 Å². The van der Waals surface area contributed by atoms with Crippen LogP contribution in [0.2, 0.25) is 0 Å². The van der Waals surface area contributed by atoms with E-state index in [4.69, 9.17) is 4.99 Å². The van der Waals surface area contributed by atoms with E-state index < -0.39 is 0 Å². The number of rotatable bonds is 2. The van der Waals surface area contributed by atoms with Gasteiger partial charge in [-0.05, 0) is 29.2 Å². The zero-order chi connectivity index (χ0) is 14.8. The van der Waals surface area contributed by atoms with Gasteiger partial charge in [-0.1, -0.05) is 53.9 Å². The molecule has 0 fully saturated rings. The highest BCUT2D eigenvalue weighted by Gasteiger charge is 2.28. The fourth-order valence-corrected chi connectivity index (χ4v) is 4.44. The molecular weight excluding hydrogens is 310 g/mol. The summed E-state index contributed by atoms with van der Waals surface area (Å²) in [6, 6.07) is 14.3. The third kappa shape index (κ3) is 2.62. The van der Waals surface area contributed by atoms with Crippen molar-refractivity contribution in [3.8, 4) is 0 Å². The van der Waals surface area contributed by atoms with Gasteiger partial charge in [-0.3, -0.25) is 9.98 Å². The van der Waals surface area contributed by atoms with Gasteiger partial charge in [0.25, 0.3) is 0 Å². The minimum absolute atomic E-state index is 0.166. The van der Waals surface area contributed by atoms with Crippen LogP contribution in [0.25, 0.3) is 0 Å². The van der Waals surface area contributed by atoms with Crippen molar-refractivity contribution in [2.75, 3.05) is 6.54 Å². The highest BCUT2D eigenvalue weighted by Crippen LogP contribution is 2.45. The number of fused-ring (bicyclic) bond motifs is 1. The summed E-state index contributed by atoms with van der Waals surface area (Å²) in [6.07, 6.45) is 3.91. The van der Waals surface area contributed by atoms with Crippen LogP contribution in [0.3, 0.4) is 0 Å². The van der Waals surface area contributed by atoms with Crippen LogP contribution in [0.15, 0.2) is 70.1 Å². The summed E-state index contributed by atoms with van der Waals surface area (Å²) in [5.41, 5.74) is 3.29. The number of aromatic nitrogens is 1. The molecule has 1 unspecified atom stereocenters. The first-order valence-corrected chi connectivity index (χ1v) is 8.79. The lowest BCUT2D eigenvalue weighted by molar-refractivity contribution is 1.05. The Labute approximate surface area is 137 Å². The molecule has 3 heterocycles.